The molecule has 0 aromatic heterocycles. The van der Waals surface area contributed by atoms with Gasteiger partial charge in [0.1, 0.15) is 6.61 Å². The first kappa shape index (κ1) is 15.1. The lowest BCUT2D eigenvalue weighted by Crippen LogP contribution is -2.11. The Hall–Kier alpha value is 0.130. The Balaban J connectivity index is 3.13. The molecule has 0 amide bonds. The van der Waals surface area contributed by atoms with E-state index in [0.29, 0.717) is 13.0 Å². The Morgan fingerprint density at radius 3 is 2.73 bits per heavy atom. The number of thiol groups is 1. The standard InChI is InChI=1S/C10H20O3S2/c1-9(14)8-10(11)13-5-7-15-6-3-4-12-2/h9,14H,3-8H2,1-2H3. The fourth-order valence-corrected chi connectivity index (χ4v) is 1.80. The third-order valence-electron chi connectivity index (χ3n) is 1.59. The van der Waals surface area contributed by atoms with Gasteiger partial charge in [0.25, 0.3) is 0 Å². The summed E-state index contributed by atoms with van der Waals surface area (Å²) in [5.74, 6) is 1.75. The van der Waals surface area contributed by atoms with Crippen LogP contribution in [0.1, 0.15) is 19.8 Å². The zero-order chi connectivity index (χ0) is 11.5. The zero-order valence-electron chi connectivity index (χ0n) is 9.40. The number of carbonyl (C=O) groups is 1. The molecule has 90 valence electrons. The number of rotatable bonds is 9. The molecule has 0 spiro atoms. The predicted octanol–water partition coefficient (Wildman–Crippen LogP) is 2.01. The Bertz CT molecular complexity index is 163. The molecule has 5 heteroatoms. The third kappa shape index (κ3) is 12.1. The Kier molecular flexibility index (Phi) is 10.7. The number of hydrogen-bond acceptors (Lipinski definition) is 5. The topological polar surface area (TPSA) is 35.5 Å². The fraction of sp³-hybridized carbons (Fsp3) is 0.900. The first-order valence-corrected chi connectivity index (χ1v) is 6.74. The second-order valence-corrected chi connectivity index (χ2v) is 5.34. The minimum atomic E-state index is -0.157. The summed E-state index contributed by atoms with van der Waals surface area (Å²) >= 11 is 5.90. The lowest BCUT2D eigenvalue weighted by atomic mass is 10.3. The molecule has 3 nitrogen and oxygen atoms in total. The molecule has 0 heterocycles. The zero-order valence-corrected chi connectivity index (χ0v) is 11.1. The Morgan fingerprint density at radius 1 is 1.40 bits per heavy atom. The first-order valence-electron chi connectivity index (χ1n) is 5.07. The minimum absolute atomic E-state index is 0.0758. The summed E-state index contributed by atoms with van der Waals surface area (Å²) in [6.45, 7) is 3.17. The van der Waals surface area contributed by atoms with Crippen LogP contribution in [0.25, 0.3) is 0 Å². The molecule has 1 unspecified atom stereocenters. The van der Waals surface area contributed by atoms with Crippen molar-refractivity contribution in [3.05, 3.63) is 0 Å². The SMILES string of the molecule is COCCCSCCOC(=O)CC(C)S. The number of carbonyl (C=O) groups excluding carboxylic acids is 1. The molecule has 0 fully saturated rings. The summed E-state index contributed by atoms with van der Waals surface area (Å²) in [5, 5.41) is 0.0758. The molecule has 1 atom stereocenters. The molecule has 0 aliphatic heterocycles. The molecule has 0 N–H and O–H groups in total. The van der Waals surface area contributed by atoms with Gasteiger partial charge in [-0.2, -0.15) is 24.4 Å². The van der Waals surface area contributed by atoms with Crippen LogP contribution < -0.4 is 0 Å². The van der Waals surface area contributed by atoms with E-state index < -0.39 is 0 Å². The van der Waals surface area contributed by atoms with E-state index in [9.17, 15) is 4.79 Å². The highest BCUT2D eigenvalue weighted by molar-refractivity contribution is 7.99. The van der Waals surface area contributed by atoms with Crippen LogP contribution in [-0.2, 0) is 14.3 Å². The molecule has 15 heavy (non-hydrogen) atoms. The predicted molar refractivity (Wildman–Crippen MR) is 67.8 cm³/mol. The monoisotopic (exact) mass is 252 g/mol. The highest BCUT2D eigenvalue weighted by atomic mass is 32.2. The minimum Gasteiger partial charge on any atom is -0.465 e. The summed E-state index contributed by atoms with van der Waals surface area (Å²) in [5.41, 5.74) is 0. The number of methoxy groups -OCH3 is 1. The van der Waals surface area contributed by atoms with Gasteiger partial charge in [-0.1, -0.05) is 6.92 Å². The van der Waals surface area contributed by atoms with E-state index >= 15 is 0 Å². The van der Waals surface area contributed by atoms with Crippen molar-refractivity contribution in [2.24, 2.45) is 0 Å². The largest absolute Gasteiger partial charge is 0.465 e. The van der Waals surface area contributed by atoms with Gasteiger partial charge in [0.15, 0.2) is 0 Å². The van der Waals surface area contributed by atoms with E-state index in [4.69, 9.17) is 9.47 Å². The maximum Gasteiger partial charge on any atom is 0.306 e. The summed E-state index contributed by atoms with van der Waals surface area (Å²) in [6.07, 6.45) is 1.43. The van der Waals surface area contributed by atoms with Gasteiger partial charge in [-0.3, -0.25) is 4.79 Å². The van der Waals surface area contributed by atoms with Gasteiger partial charge in [0.05, 0.1) is 6.42 Å². The maximum absolute atomic E-state index is 11.1. The summed E-state index contributed by atoms with van der Waals surface area (Å²) < 4.78 is 9.94. The number of hydrogen-bond donors (Lipinski definition) is 1. The lowest BCUT2D eigenvalue weighted by Gasteiger charge is -2.06. The van der Waals surface area contributed by atoms with Gasteiger partial charge >= 0.3 is 5.97 Å². The van der Waals surface area contributed by atoms with Crippen molar-refractivity contribution >= 4 is 30.4 Å². The molecule has 0 aromatic rings. The highest BCUT2D eigenvalue weighted by Gasteiger charge is 2.05. The first-order chi connectivity index (χ1) is 7.16. The number of esters is 1. The van der Waals surface area contributed by atoms with Crippen LogP contribution in [0.3, 0.4) is 0 Å². The smallest absolute Gasteiger partial charge is 0.306 e. The molecule has 0 saturated carbocycles. The number of ether oxygens (including phenoxy) is 2. The molecule has 0 aromatic carbocycles. The van der Waals surface area contributed by atoms with E-state index in [0.717, 1.165) is 24.5 Å². The van der Waals surface area contributed by atoms with Crippen LogP contribution in [0.2, 0.25) is 0 Å². The van der Waals surface area contributed by atoms with Crippen molar-refractivity contribution in [2.75, 3.05) is 31.8 Å². The molecule has 0 aliphatic rings. The van der Waals surface area contributed by atoms with Crippen LogP contribution in [-0.4, -0.2) is 43.0 Å². The van der Waals surface area contributed by atoms with Crippen LogP contribution in [0.5, 0.6) is 0 Å². The van der Waals surface area contributed by atoms with Crippen LogP contribution in [0.15, 0.2) is 0 Å². The van der Waals surface area contributed by atoms with Gasteiger partial charge < -0.3 is 9.47 Å². The van der Waals surface area contributed by atoms with Crippen molar-refractivity contribution in [3.63, 3.8) is 0 Å². The van der Waals surface area contributed by atoms with Crippen molar-refractivity contribution in [1.82, 2.24) is 0 Å². The highest BCUT2D eigenvalue weighted by Crippen LogP contribution is 2.04. The molecule has 0 rings (SSSR count). The molecular weight excluding hydrogens is 232 g/mol. The van der Waals surface area contributed by atoms with Crippen LogP contribution in [0.4, 0.5) is 0 Å². The van der Waals surface area contributed by atoms with Gasteiger partial charge in [0.2, 0.25) is 0 Å². The molecular formula is C10H20O3S2. The third-order valence-corrected chi connectivity index (χ3v) is 2.81. The average molecular weight is 252 g/mol. The van der Waals surface area contributed by atoms with E-state index in [-0.39, 0.29) is 11.2 Å². The Morgan fingerprint density at radius 2 is 2.13 bits per heavy atom. The molecule has 0 aliphatic carbocycles. The summed E-state index contributed by atoms with van der Waals surface area (Å²) in [4.78, 5) is 11.1. The molecule has 0 saturated heterocycles. The second kappa shape index (κ2) is 10.6. The van der Waals surface area contributed by atoms with Crippen molar-refractivity contribution < 1.29 is 14.3 Å². The summed E-state index contributed by atoms with van der Waals surface area (Å²) in [6, 6.07) is 0. The maximum atomic E-state index is 11.1. The van der Waals surface area contributed by atoms with Crippen LogP contribution in [0, 0.1) is 0 Å². The van der Waals surface area contributed by atoms with Crippen molar-refractivity contribution in [1.29, 1.82) is 0 Å². The van der Waals surface area contributed by atoms with Gasteiger partial charge in [-0.25, -0.2) is 0 Å². The van der Waals surface area contributed by atoms with Gasteiger partial charge in [0, 0.05) is 24.7 Å². The Labute approximate surface area is 102 Å². The van der Waals surface area contributed by atoms with Crippen LogP contribution >= 0.6 is 24.4 Å². The second-order valence-electron chi connectivity index (χ2n) is 3.23. The van der Waals surface area contributed by atoms with E-state index in [1.165, 1.54) is 0 Å². The normalized spacial score (nSPS) is 12.5. The van der Waals surface area contributed by atoms with E-state index in [1.807, 2.05) is 6.92 Å². The lowest BCUT2D eigenvalue weighted by molar-refractivity contribution is -0.142. The quantitative estimate of drug-likeness (QED) is 0.387. The van der Waals surface area contributed by atoms with Gasteiger partial charge in [-0.15, -0.1) is 0 Å². The number of thioether (sulfide) groups is 1. The van der Waals surface area contributed by atoms with Crippen molar-refractivity contribution in [2.45, 2.75) is 25.0 Å². The average Bonchev–Trinajstić information content (AvgIpc) is 2.15. The fourth-order valence-electron chi connectivity index (χ4n) is 0.922. The molecule has 0 bridgehead atoms. The summed E-state index contributed by atoms with van der Waals surface area (Å²) in [7, 11) is 1.70. The van der Waals surface area contributed by atoms with E-state index in [2.05, 4.69) is 12.6 Å². The van der Waals surface area contributed by atoms with E-state index in [1.54, 1.807) is 18.9 Å². The molecule has 0 radical (unpaired) electrons. The van der Waals surface area contributed by atoms with Crippen molar-refractivity contribution in [3.8, 4) is 0 Å². The van der Waals surface area contributed by atoms with Gasteiger partial charge in [-0.05, 0) is 12.2 Å².